The molecule has 0 bridgehead atoms. The van der Waals surface area contributed by atoms with Gasteiger partial charge >= 0.3 is 0 Å². The highest BCUT2D eigenvalue weighted by Crippen LogP contribution is 2.46. The van der Waals surface area contributed by atoms with Crippen LogP contribution in [0.15, 0.2) is 77.8 Å². The Morgan fingerprint density at radius 1 is 0.793 bits per heavy atom. The quantitative estimate of drug-likeness (QED) is 0.567. The number of nitrogens with zero attached hydrogens (tertiary/aromatic N) is 2. The Bertz CT molecular complexity index is 978. The van der Waals surface area contributed by atoms with E-state index in [1.54, 1.807) is 21.3 Å². The summed E-state index contributed by atoms with van der Waals surface area (Å²) in [7, 11) is 4.87. The number of hydrogen-bond donors (Lipinski definition) is 0. The predicted octanol–water partition coefficient (Wildman–Crippen LogP) is 5.39. The van der Waals surface area contributed by atoms with Crippen LogP contribution in [0, 0.1) is 0 Å². The van der Waals surface area contributed by atoms with Crippen LogP contribution in [0.3, 0.4) is 0 Å². The highest BCUT2D eigenvalue weighted by Gasteiger charge is 2.37. The third-order valence-electron chi connectivity index (χ3n) is 5.09. The van der Waals surface area contributed by atoms with Crippen molar-refractivity contribution in [1.29, 1.82) is 0 Å². The number of aliphatic imine (C=N–C) groups is 1. The minimum absolute atomic E-state index is 0.196. The summed E-state index contributed by atoms with van der Waals surface area (Å²) >= 11 is 0. The molecule has 1 aliphatic heterocycles. The number of rotatable bonds is 6. The summed E-state index contributed by atoms with van der Waals surface area (Å²) in [5.41, 5.74) is 3.13. The molecule has 3 aromatic rings. The Hall–Kier alpha value is -3.47. The van der Waals surface area contributed by atoms with Gasteiger partial charge in [-0.25, -0.2) is 4.99 Å². The smallest absolute Gasteiger partial charge is 0.203 e. The van der Waals surface area contributed by atoms with E-state index < -0.39 is 0 Å². The van der Waals surface area contributed by atoms with Gasteiger partial charge in [-0.05, 0) is 17.7 Å². The summed E-state index contributed by atoms with van der Waals surface area (Å²) in [5.74, 6) is 2.83. The van der Waals surface area contributed by atoms with E-state index in [2.05, 4.69) is 29.2 Å². The largest absolute Gasteiger partial charge is 0.493 e. The second-order valence-electron chi connectivity index (χ2n) is 6.75. The minimum Gasteiger partial charge on any atom is -0.493 e. The van der Waals surface area contributed by atoms with Crippen LogP contribution >= 0.6 is 0 Å². The SMILES string of the molecule is COc1cc(N2/C(=N/c3ccccc3)CC2c2ccccc2)cc(OC)c1OC. The molecule has 0 N–H and O–H groups in total. The Morgan fingerprint density at radius 3 is 1.93 bits per heavy atom. The maximum absolute atomic E-state index is 5.56. The fourth-order valence-corrected chi connectivity index (χ4v) is 3.66. The molecule has 29 heavy (non-hydrogen) atoms. The first-order chi connectivity index (χ1) is 14.2. The second kappa shape index (κ2) is 8.27. The number of para-hydroxylation sites is 1. The summed E-state index contributed by atoms with van der Waals surface area (Å²) < 4.78 is 16.6. The molecular weight excluding hydrogens is 364 g/mol. The van der Waals surface area contributed by atoms with E-state index >= 15 is 0 Å². The normalized spacial score (nSPS) is 17.0. The summed E-state index contributed by atoms with van der Waals surface area (Å²) in [4.78, 5) is 7.11. The lowest BCUT2D eigenvalue weighted by atomic mass is 9.92. The zero-order valence-electron chi connectivity index (χ0n) is 16.8. The summed E-state index contributed by atoms with van der Waals surface area (Å²) in [6.07, 6.45) is 0.857. The first-order valence-corrected chi connectivity index (χ1v) is 9.52. The van der Waals surface area contributed by atoms with Gasteiger partial charge in [0.05, 0.1) is 38.7 Å². The zero-order valence-corrected chi connectivity index (χ0v) is 16.8. The summed E-state index contributed by atoms with van der Waals surface area (Å²) in [6.45, 7) is 0. The molecule has 4 rings (SSSR count). The van der Waals surface area contributed by atoms with E-state index in [-0.39, 0.29) is 6.04 Å². The van der Waals surface area contributed by atoms with E-state index in [4.69, 9.17) is 19.2 Å². The van der Waals surface area contributed by atoms with Crippen molar-refractivity contribution >= 4 is 17.2 Å². The predicted molar refractivity (Wildman–Crippen MR) is 116 cm³/mol. The molecule has 5 nitrogen and oxygen atoms in total. The molecule has 0 amide bonds. The highest BCUT2D eigenvalue weighted by atomic mass is 16.5. The lowest BCUT2D eigenvalue weighted by Crippen LogP contribution is -2.46. The van der Waals surface area contributed by atoms with Crippen LogP contribution in [0.2, 0.25) is 0 Å². The van der Waals surface area contributed by atoms with Crippen molar-refractivity contribution in [2.45, 2.75) is 12.5 Å². The molecule has 1 unspecified atom stereocenters. The number of hydrogen-bond acceptors (Lipinski definition) is 4. The molecule has 1 atom stereocenters. The van der Waals surface area contributed by atoms with Gasteiger partial charge in [-0.2, -0.15) is 0 Å². The number of methoxy groups -OCH3 is 3. The fraction of sp³-hybridized carbons (Fsp3) is 0.208. The van der Waals surface area contributed by atoms with Crippen LogP contribution in [-0.2, 0) is 0 Å². The van der Waals surface area contributed by atoms with Gasteiger partial charge in [0.1, 0.15) is 5.84 Å². The van der Waals surface area contributed by atoms with Crippen molar-refractivity contribution in [3.05, 3.63) is 78.4 Å². The average Bonchev–Trinajstić information content (AvgIpc) is 2.76. The van der Waals surface area contributed by atoms with Crippen LogP contribution in [0.4, 0.5) is 11.4 Å². The summed E-state index contributed by atoms with van der Waals surface area (Å²) in [5, 5.41) is 0. The second-order valence-corrected chi connectivity index (χ2v) is 6.75. The maximum atomic E-state index is 5.56. The molecular formula is C24H24N2O3. The van der Waals surface area contributed by atoms with Crippen molar-refractivity contribution < 1.29 is 14.2 Å². The van der Waals surface area contributed by atoms with E-state index in [1.807, 2.05) is 48.5 Å². The van der Waals surface area contributed by atoms with Crippen molar-refractivity contribution in [1.82, 2.24) is 0 Å². The molecule has 0 saturated carbocycles. The highest BCUT2D eigenvalue weighted by molar-refractivity contribution is 6.06. The molecule has 0 radical (unpaired) electrons. The van der Waals surface area contributed by atoms with Crippen molar-refractivity contribution in [3.63, 3.8) is 0 Å². The number of anilines is 1. The number of benzene rings is 3. The number of amidine groups is 1. The fourth-order valence-electron chi connectivity index (χ4n) is 3.66. The zero-order chi connectivity index (χ0) is 20.2. The molecule has 1 fully saturated rings. The van der Waals surface area contributed by atoms with Gasteiger partial charge in [-0.15, -0.1) is 0 Å². The molecule has 5 heteroatoms. The Balaban J connectivity index is 1.80. The van der Waals surface area contributed by atoms with Crippen LogP contribution in [0.25, 0.3) is 0 Å². The van der Waals surface area contributed by atoms with Gasteiger partial charge in [0.2, 0.25) is 5.75 Å². The number of ether oxygens (including phenoxy) is 3. The topological polar surface area (TPSA) is 43.3 Å². The van der Waals surface area contributed by atoms with Crippen molar-refractivity contribution in [3.8, 4) is 17.2 Å². The first-order valence-electron chi connectivity index (χ1n) is 9.52. The Labute approximate surface area is 171 Å². The average molecular weight is 388 g/mol. The Kier molecular flexibility index (Phi) is 5.38. The van der Waals surface area contributed by atoms with Crippen molar-refractivity contribution in [2.75, 3.05) is 26.2 Å². The van der Waals surface area contributed by atoms with Crippen LogP contribution in [0.5, 0.6) is 17.2 Å². The lowest BCUT2D eigenvalue weighted by molar-refractivity contribution is 0.324. The lowest BCUT2D eigenvalue weighted by Gasteiger charge is -2.44. The molecule has 148 valence electrons. The molecule has 0 aliphatic carbocycles. The van der Waals surface area contributed by atoms with Gasteiger partial charge in [0.15, 0.2) is 11.5 Å². The van der Waals surface area contributed by atoms with Gasteiger partial charge in [0.25, 0.3) is 0 Å². The Morgan fingerprint density at radius 2 is 1.38 bits per heavy atom. The maximum Gasteiger partial charge on any atom is 0.203 e. The van der Waals surface area contributed by atoms with Crippen LogP contribution in [0.1, 0.15) is 18.0 Å². The monoisotopic (exact) mass is 388 g/mol. The van der Waals surface area contributed by atoms with Gasteiger partial charge in [-0.1, -0.05) is 48.5 Å². The van der Waals surface area contributed by atoms with Crippen LogP contribution < -0.4 is 19.1 Å². The molecule has 1 saturated heterocycles. The molecule has 1 aliphatic rings. The van der Waals surface area contributed by atoms with Gasteiger partial charge in [0, 0.05) is 18.6 Å². The van der Waals surface area contributed by atoms with Gasteiger partial charge in [-0.3, -0.25) is 0 Å². The van der Waals surface area contributed by atoms with E-state index in [0.717, 1.165) is 23.6 Å². The molecule has 0 aromatic heterocycles. The minimum atomic E-state index is 0.196. The van der Waals surface area contributed by atoms with Gasteiger partial charge < -0.3 is 19.1 Å². The first kappa shape index (κ1) is 18.9. The standard InChI is InChI=1S/C24H24N2O3/c1-27-21-14-19(15-22(28-2)24(21)29-3)26-20(17-10-6-4-7-11-17)16-23(26)25-18-12-8-5-9-13-18/h4-15,20H,16H2,1-3H3/b25-23+. The van der Waals surface area contributed by atoms with E-state index in [9.17, 15) is 0 Å². The molecule has 3 aromatic carbocycles. The van der Waals surface area contributed by atoms with Crippen LogP contribution in [-0.4, -0.2) is 27.2 Å². The third kappa shape index (κ3) is 3.63. The van der Waals surface area contributed by atoms with E-state index in [0.29, 0.717) is 17.2 Å². The third-order valence-corrected chi connectivity index (χ3v) is 5.09. The molecule has 0 spiro atoms. The van der Waals surface area contributed by atoms with Crippen molar-refractivity contribution in [2.24, 2.45) is 4.99 Å². The molecule has 1 heterocycles. The van der Waals surface area contributed by atoms with E-state index in [1.165, 1.54) is 5.56 Å². The summed E-state index contributed by atoms with van der Waals surface area (Å²) in [6, 6.07) is 24.6.